The minimum absolute atomic E-state index is 0. The van der Waals surface area contributed by atoms with Crippen molar-refractivity contribution in [1.82, 2.24) is 0 Å². The molecule has 0 spiro atoms. The maximum atomic E-state index is 3.57. The molecule has 1 heteroatoms. The third-order valence-corrected chi connectivity index (χ3v) is 9.33. The quantitative estimate of drug-likeness (QED) is 0.200. The van der Waals surface area contributed by atoms with Gasteiger partial charge in [-0.05, 0) is 68.1 Å². The second kappa shape index (κ2) is 14.2. The zero-order chi connectivity index (χ0) is 27.2. The summed E-state index contributed by atoms with van der Waals surface area (Å²) in [6, 6.07) is 30.6. The molecule has 1 unspecified atom stereocenters. The van der Waals surface area contributed by atoms with Crippen molar-refractivity contribution in [3.8, 4) is 11.1 Å². The summed E-state index contributed by atoms with van der Waals surface area (Å²) in [7, 11) is 0. The molecule has 0 N–H and O–H groups in total. The van der Waals surface area contributed by atoms with Crippen molar-refractivity contribution in [1.29, 1.82) is 0 Å². The summed E-state index contributed by atoms with van der Waals surface area (Å²) in [6.07, 6.45) is 17.8. The Morgan fingerprint density at radius 3 is 2.00 bits per heavy atom. The molecule has 0 nitrogen and oxygen atoms in total. The maximum Gasteiger partial charge on any atom is -0.0253 e. The monoisotopic (exact) mass is 602 g/mol. The minimum atomic E-state index is 0. The molecule has 3 aromatic rings. The van der Waals surface area contributed by atoms with Gasteiger partial charge in [-0.1, -0.05) is 61.6 Å². The molecule has 0 heterocycles. The van der Waals surface area contributed by atoms with Crippen LogP contribution in [0.1, 0.15) is 69.9 Å². The van der Waals surface area contributed by atoms with Crippen LogP contribution in [0.15, 0.2) is 90.0 Å². The topological polar surface area (TPSA) is 0 Å². The molecule has 40 heavy (non-hydrogen) atoms. The van der Waals surface area contributed by atoms with E-state index in [1.807, 2.05) is 36.4 Å². The molecular weight excluding hydrogens is 560 g/mol. The molecule has 0 aromatic heterocycles. The van der Waals surface area contributed by atoms with E-state index < -0.39 is 0 Å². The van der Waals surface area contributed by atoms with Crippen LogP contribution < -0.4 is 0 Å². The van der Waals surface area contributed by atoms with E-state index in [2.05, 4.69) is 78.7 Å². The van der Waals surface area contributed by atoms with E-state index in [0.29, 0.717) is 11.3 Å². The van der Waals surface area contributed by atoms with E-state index in [9.17, 15) is 0 Å². The summed E-state index contributed by atoms with van der Waals surface area (Å²) < 4.78 is 3.34. The maximum absolute atomic E-state index is 3.57. The van der Waals surface area contributed by atoms with Gasteiger partial charge in [0, 0.05) is 0 Å². The predicted molar refractivity (Wildman–Crippen MR) is 167 cm³/mol. The van der Waals surface area contributed by atoms with Crippen molar-refractivity contribution < 1.29 is 24.2 Å². The first-order valence-corrected chi connectivity index (χ1v) is 16.5. The number of benzene rings is 3. The Morgan fingerprint density at radius 1 is 0.825 bits per heavy atom. The smallest absolute Gasteiger partial charge is 0.0253 e. The van der Waals surface area contributed by atoms with E-state index in [-0.39, 0.29) is 7.43 Å². The molecule has 0 radical (unpaired) electrons. The van der Waals surface area contributed by atoms with Crippen LogP contribution in [0.3, 0.4) is 0 Å². The average molecular weight is 604 g/mol. The Morgan fingerprint density at radius 2 is 1.45 bits per heavy atom. The van der Waals surface area contributed by atoms with E-state index in [0.717, 1.165) is 24.2 Å². The van der Waals surface area contributed by atoms with Gasteiger partial charge in [0.05, 0.1) is 0 Å². The van der Waals surface area contributed by atoms with Crippen LogP contribution in [0.25, 0.3) is 11.1 Å². The molecule has 4 bridgehead atoms. The fraction of sp³-hybridized carbons (Fsp3) is 0.385. The van der Waals surface area contributed by atoms with Crippen LogP contribution in [0, 0.1) is 54.7 Å². The summed E-state index contributed by atoms with van der Waals surface area (Å²) in [5.41, 5.74) is 9.31. The minimum Gasteiger partial charge on any atom is -0.358 e. The fourth-order valence-electron chi connectivity index (χ4n) is 8.34. The van der Waals surface area contributed by atoms with Crippen molar-refractivity contribution in [3.05, 3.63) is 127 Å². The van der Waals surface area contributed by atoms with Gasteiger partial charge in [0.2, 0.25) is 0 Å². The molecule has 4 saturated carbocycles. The van der Waals surface area contributed by atoms with Gasteiger partial charge in [0.15, 0.2) is 0 Å². The SMILES string of the molecule is CC1=[C-]C(C)C=C1CC12CC3CC(CC(C3)C1)C2.[CH2]=[Zr].[CH3-].[c-]1cccc2c1Cc1ccccc1-2.[c-]1ccccc1. The molecule has 4 fully saturated rings. The summed E-state index contributed by atoms with van der Waals surface area (Å²) in [5.74, 6) is 3.82. The predicted octanol–water partition coefficient (Wildman–Crippen LogP) is 9.88. The largest absolute Gasteiger partial charge is 0.358 e. The first-order valence-electron chi connectivity index (χ1n) is 14.7. The van der Waals surface area contributed by atoms with Crippen molar-refractivity contribution in [2.45, 2.75) is 65.2 Å². The van der Waals surface area contributed by atoms with Gasteiger partial charge in [-0.2, -0.15) is 77.9 Å². The third-order valence-electron chi connectivity index (χ3n) is 9.33. The molecule has 1 atom stereocenters. The van der Waals surface area contributed by atoms with Crippen molar-refractivity contribution in [2.24, 2.45) is 29.1 Å². The number of allylic oxidation sites excluding steroid dienone is 4. The number of rotatable bonds is 2. The Kier molecular flexibility index (Phi) is 10.9. The molecule has 0 aliphatic heterocycles. The Bertz CT molecular complexity index is 1190. The normalized spacial score (nSPS) is 27.5. The molecule has 6 aliphatic rings. The van der Waals surface area contributed by atoms with Gasteiger partial charge < -0.3 is 7.43 Å². The second-order valence-corrected chi connectivity index (χ2v) is 12.3. The molecule has 0 amide bonds. The second-order valence-electron chi connectivity index (χ2n) is 12.3. The summed E-state index contributed by atoms with van der Waals surface area (Å²) in [4.78, 5) is 0. The van der Waals surface area contributed by atoms with Crippen LogP contribution >= 0.6 is 0 Å². The molecule has 6 aliphatic carbocycles. The molecule has 3 aromatic carbocycles. The molecule has 9 rings (SSSR count). The summed E-state index contributed by atoms with van der Waals surface area (Å²) >= 11 is 1.30. The van der Waals surface area contributed by atoms with Crippen molar-refractivity contribution >= 4 is 4.21 Å². The van der Waals surface area contributed by atoms with Crippen LogP contribution in [-0.2, 0) is 30.7 Å². The standard InChI is InChI=1S/C18H25.C13H9.C6H5.CH3.CH2.Zr/c1-12-3-13(2)17(4-12)11-18-8-14-5-15(9-18)7-16(6-14)10-18;1-3-7-12-10(5-1)9-11-6-2-4-8-13(11)12;1-2-4-6-5-3-1;;;/h4,12,14-16H,5-11H2,1-2H3;1-5,7-8H,9H2;1-5H;1H3;1H2;/q4*-1;;. The molecular formula is C39H44Zr-4. The zero-order valence-electron chi connectivity index (χ0n) is 24.7. The molecule has 208 valence electrons. The van der Waals surface area contributed by atoms with Crippen molar-refractivity contribution in [2.75, 3.05) is 0 Å². The number of hydrogen-bond acceptors (Lipinski definition) is 0. The van der Waals surface area contributed by atoms with Crippen LogP contribution in [-0.4, -0.2) is 4.21 Å². The molecule has 0 saturated heterocycles. The van der Waals surface area contributed by atoms with E-state index in [1.54, 1.807) is 44.1 Å². The Balaban J connectivity index is 0.000000147. The first kappa shape index (κ1) is 30.8. The Labute approximate surface area is 259 Å². The van der Waals surface area contributed by atoms with E-state index in [1.165, 1.54) is 58.5 Å². The van der Waals surface area contributed by atoms with Gasteiger partial charge in [-0.25, -0.2) is 5.57 Å². The summed E-state index contributed by atoms with van der Waals surface area (Å²) in [5, 5.41) is 0. The number of hydrogen-bond donors (Lipinski definition) is 0. The Hall–Kier alpha value is -2.11. The summed E-state index contributed by atoms with van der Waals surface area (Å²) in [6.45, 7) is 4.55. The zero-order valence-corrected chi connectivity index (χ0v) is 27.1. The van der Waals surface area contributed by atoms with Crippen LogP contribution in [0.4, 0.5) is 0 Å². The van der Waals surface area contributed by atoms with Gasteiger partial charge in [-0.3, -0.25) is 6.08 Å². The van der Waals surface area contributed by atoms with E-state index >= 15 is 0 Å². The van der Waals surface area contributed by atoms with Gasteiger partial charge in [-0.15, -0.1) is 5.56 Å². The first-order chi connectivity index (χ1) is 19.1. The van der Waals surface area contributed by atoms with Gasteiger partial charge in [0.25, 0.3) is 0 Å². The fourth-order valence-corrected chi connectivity index (χ4v) is 8.34. The van der Waals surface area contributed by atoms with Crippen LogP contribution in [0.2, 0.25) is 0 Å². The van der Waals surface area contributed by atoms with Crippen LogP contribution in [0.5, 0.6) is 0 Å². The van der Waals surface area contributed by atoms with Gasteiger partial charge >= 0.3 is 28.4 Å². The third kappa shape index (κ3) is 7.20. The average Bonchev–Trinajstić information content (AvgIpc) is 3.48. The van der Waals surface area contributed by atoms with Crippen molar-refractivity contribution in [3.63, 3.8) is 0 Å². The number of fused-ring (bicyclic) bond motifs is 3. The van der Waals surface area contributed by atoms with Gasteiger partial charge in [0.1, 0.15) is 0 Å². The van der Waals surface area contributed by atoms with E-state index in [4.69, 9.17) is 0 Å².